The topological polar surface area (TPSA) is 85.9 Å². The van der Waals surface area contributed by atoms with Gasteiger partial charge in [-0.1, -0.05) is 0 Å². The summed E-state index contributed by atoms with van der Waals surface area (Å²) in [6.07, 6.45) is 2.53. The highest BCUT2D eigenvalue weighted by atomic mass is 16.3. The van der Waals surface area contributed by atoms with Crippen LogP contribution in [0.1, 0.15) is 30.7 Å². The van der Waals surface area contributed by atoms with E-state index in [-0.39, 0.29) is 24.4 Å². The van der Waals surface area contributed by atoms with Crippen molar-refractivity contribution < 1.29 is 15.3 Å². The number of pyridine rings is 1. The molecule has 1 heterocycles. The van der Waals surface area contributed by atoms with Crippen LogP contribution in [0.25, 0.3) is 0 Å². The van der Waals surface area contributed by atoms with Gasteiger partial charge in [-0.15, -0.1) is 0 Å². The fourth-order valence-corrected chi connectivity index (χ4v) is 2.35. The summed E-state index contributed by atoms with van der Waals surface area (Å²) in [6, 6.07) is 1.44. The van der Waals surface area contributed by atoms with Crippen molar-refractivity contribution in [3.63, 3.8) is 0 Å². The predicted molar refractivity (Wildman–Crippen MR) is 81.5 cm³/mol. The van der Waals surface area contributed by atoms with Crippen molar-refractivity contribution in [2.45, 2.75) is 39.3 Å². The molecule has 0 radical (unpaired) electrons. The van der Waals surface area contributed by atoms with E-state index in [0.29, 0.717) is 25.3 Å². The molecule has 0 amide bonds. The molecule has 0 bridgehead atoms. The van der Waals surface area contributed by atoms with Crippen LogP contribution in [0, 0.1) is 6.92 Å². The van der Waals surface area contributed by atoms with Crippen LogP contribution in [0.3, 0.4) is 0 Å². The molecule has 1 rings (SSSR count). The van der Waals surface area contributed by atoms with Gasteiger partial charge in [-0.25, -0.2) is 0 Å². The Morgan fingerprint density at radius 3 is 2.52 bits per heavy atom. The summed E-state index contributed by atoms with van der Waals surface area (Å²) >= 11 is 0. The van der Waals surface area contributed by atoms with E-state index in [1.54, 1.807) is 0 Å². The summed E-state index contributed by atoms with van der Waals surface area (Å²) in [5.74, 6) is -0.215. The molecular weight excluding hydrogens is 272 g/mol. The Hall–Kier alpha value is -1.37. The molecule has 0 aliphatic carbocycles. The van der Waals surface area contributed by atoms with Crippen molar-refractivity contribution >= 4 is 0 Å². The molecule has 0 aromatic carbocycles. The van der Waals surface area contributed by atoms with Crippen molar-refractivity contribution in [3.05, 3.63) is 27.7 Å². The number of likely N-dealkylation sites (N-methyl/N-ethyl adjacent to an activating group) is 1. The average Bonchev–Trinajstić information content (AvgIpc) is 2.43. The Balaban J connectivity index is 2.97. The number of aryl methyl sites for hydroxylation is 1. The molecule has 120 valence electrons. The van der Waals surface area contributed by atoms with Gasteiger partial charge in [0, 0.05) is 38.0 Å². The monoisotopic (exact) mass is 298 g/mol. The van der Waals surface area contributed by atoms with Crippen molar-refractivity contribution in [3.8, 4) is 5.75 Å². The first-order valence-corrected chi connectivity index (χ1v) is 7.33. The van der Waals surface area contributed by atoms with Crippen molar-refractivity contribution in [1.82, 2.24) is 9.47 Å². The number of rotatable bonds is 9. The molecule has 3 N–H and O–H groups in total. The summed E-state index contributed by atoms with van der Waals surface area (Å²) in [7, 11) is 1.83. The fourth-order valence-electron chi connectivity index (χ4n) is 2.35. The normalized spacial score (nSPS) is 11.3. The second kappa shape index (κ2) is 8.81. The van der Waals surface area contributed by atoms with Gasteiger partial charge in [-0.05, 0) is 33.2 Å². The molecule has 21 heavy (non-hydrogen) atoms. The smallest absolute Gasteiger partial charge is 0.223 e. The van der Waals surface area contributed by atoms with Gasteiger partial charge in [0.1, 0.15) is 0 Å². The lowest BCUT2D eigenvalue weighted by atomic mass is 10.2. The van der Waals surface area contributed by atoms with Gasteiger partial charge in [0.25, 0.3) is 0 Å². The molecule has 0 atom stereocenters. The zero-order chi connectivity index (χ0) is 15.8. The second-order valence-corrected chi connectivity index (χ2v) is 5.34. The van der Waals surface area contributed by atoms with Crippen molar-refractivity contribution in [2.75, 3.05) is 26.8 Å². The van der Waals surface area contributed by atoms with Crippen LogP contribution in [0.4, 0.5) is 0 Å². The molecule has 0 unspecified atom stereocenters. The zero-order valence-electron chi connectivity index (χ0n) is 12.9. The van der Waals surface area contributed by atoms with E-state index < -0.39 is 0 Å². The molecule has 0 saturated carbocycles. The van der Waals surface area contributed by atoms with E-state index in [0.717, 1.165) is 25.0 Å². The lowest BCUT2D eigenvalue weighted by molar-refractivity contribution is 0.212. The number of hydrogen-bond donors (Lipinski definition) is 3. The van der Waals surface area contributed by atoms with Gasteiger partial charge in [0.15, 0.2) is 5.75 Å². The van der Waals surface area contributed by atoms with E-state index in [4.69, 9.17) is 10.2 Å². The number of aromatic hydroxyl groups is 1. The molecule has 0 aliphatic heterocycles. The number of hydrogen-bond acceptors (Lipinski definition) is 5. The minimum Gasteiger partial charge on any atom is -0.503 e. The van der Waals surface area contributed by atoms with Gasteiger partial charge >= 0.3 is 0 Å². The van der Waals surface area contributed by atoms with E-state index in [9.17, 15) is 9.90 Å². The summed E-state index contributed by atoms with van der Waals surface area (Å²) in [5.41, 5.74) is 1.03. The van der Waals surface area contributed by atoms with Crippen LogP contribution in [-0.4, -0.2) is 51.6 Å². The maximum absolute atomic E-state index is 11.8. The summed E-state index contributed by atoms with van der Waals surface area (Å²) < 4.78 is 1.95. The molecule has 0 saturated heterocycles. The lowest BCUT2D eigenvalue weighted by Crippen LogP contribution is -2.26. The van der Waals surface area contributed by atoms with Crippen LogP contribution >= 0.6 is 0 Å². The third-order valence-corrected chi connectivity index (χ3v) is 3.54. The van der Waals surface area contributed by atoms with E-state index in [2.05, 4.69) is 0 Å². The second-order valence-electron chi connectivity index (χ2n) is 5.34. The number of aliphatic hydroxyl groups is 2. The Bertz CT molecular complexity index is 499. The van der Waals surface area contributed by atoms with Crippen LogP contribution < -0.4 is 5.43 Å². The van der Waals surface area contributed by atoms with Crippen LogP contribution in [0.5, 0.6) is 5.75 Å². The fraction of sp³-hybridized carbons (Fsp3) is 0.667. The highest BCUT2D eigenvalue weighted by Gasteiger charge is 2.14. The van der Waals surface area contributed by atoms with Crippen LogP contribution in [0.15, 0.2) is 10.9 Å². The van der Waals surface area contributed by atoms with Gasteiger partial charge in [-0.2, -0.15) is 0 Å². The zero-order valence-corrected chi connectivity index (χ0v) is 12.9. The summed E-state index contributed by atoms with van der Waals surface area (Å²) in [4.78, 5) is 13.6. The largest absolute Gasteiger partial charge is 0.503 e. The van der Waals surface area contributed by atoms with Crippen LogP contribution in [0.2, 0.25) is 0 Å². The highest BCUT2D eigenvalue weighted by molar-refractivity contribution is 5.29. The molecular formula is C15H26N2O4. The SMILES string of the molecule is Cc1cc(=O)c(O)c(CN(C)CCO)n1CCCCCO. The van der Waals surface area contributed by atoms with Gasteiger partial charge in [0.2, 0.25) is 5.43 Å². The van der Waals surface area contributed by atoms with E-state index >= 15 is 0 Å². The molecule has 6 heteroatoms. The predicted octanol–water partition coefficient (Wildman–Crippen LogP) is 0.449. The Kier molecular flexibility index (Phi) is 7.42. The molecule has 0 aliphatic rings. The van der Waals surface area contributed by atoms with Gasteiger partial charge in [0.05, 0.1) is 12.3 Å². The molecule has 0 fully saturated rings. The van der Waals surface area contributed by atoms with Crippen LogP contribution in [-0.2, 0) is 13.1 Å². The Morgan fingerprint density at radius 2 is 1.90 bits per heavy atom. The van der Waals surface area contributed by atoms with Gasteiger partial charge < -0.3 is 19.9 Å². The molecule has 1 aromatic heterocycles. The number of aliphatic hydroxyl groups excluding tert-OH is 2. The summed E-state index contributed by atoms with van der Waals surface area (Å²) in [5, 5.41) is 27.8. The first-order valence-electron chi connectivity index (χ1n) is 7.33. The molecule has 1 aromatic rings. The van der Waals surface area contributed by atoms with Crippen molar-refractivity contribution in [2.24, 2.45) is 0 Å². The third kappa shape index (κ3) is 5.15. The van der Waals surface area contributed by atoms with Crippen molar-refractivity contribution in [1.29, 1.82) is 0 Å². The highest BCUT2D eigenvalue weighted by Crippen LogP contribution is 2.17. The average molecular weight is 298 g/mol. The maximum Gasteiger partial charge on any atom is 0.223 e. The third-order valence-electron chi connectivity index (χ3n) is 3.54. The number of unbranched alkanes of at least 4 members (excludes halogenated alkanes) is 2. The number of nitrogens with zero attached hydrogens (tertiary/aromatic N) is 2. The van der Waals surface area contributed by atoms with E-state index in [1.807, 2.05) is 23.4 Å². The minimum absolute atomic E-state index is 0.0316. The Morgan fingerprint density at radius 1 is 1.19 bits per heavy atom. The van der Waals surface area contributed by atoms with Gasteiger partial charge in [-0.3, -0.25) is 9.69 Å². The number of aromatic nitrogens is 1. The first kappa shape index (κ1) is 17.7. The first-order chi connectivity index (χ1) is 10.0. The maximum atomic E-state index is 11.8. The Labute approximate surface area is 125 Å². The molecule has 0 spiro atoms. The quantitative estimate of drug-likeness (QED) is 0.576. The van der Waals surface area contributed by atoms with E-state index in [1.165, 1.54) is 6.07 Å². The minimum atomic E-state index is -0.369. The lowest BCUT2D eigenvalue weighted by Gasteiger charge is -2.22. The molecule has 6 nitrogen and oxygen atoms in total. The summed E-state index contributed by atoms with van der Waals surface area (Å²) in [6.45, 7) is 3.64. The standard InChI is InChI=1S/C15H26N2O4/c1-12-10-14(20)15(21)13(11-16(2)7-9-19)17(12)6-4-3-5-8-18/h10,18-19,21H,3-9,11H2,1-2H3.